The summed E-state index contributed by atoms with van der Waals surface area (Å²) in [7, 11) is 3.32. The molecule has 0 radical (unpaired) electrons. The lowest BCUT2D eigenvalue weighted by Gasteiger charge is -2.16. The van der Waals surface area contributed by atoms with Crippen LogP contribution in [0.15, 0.2) is 10.5 Å². The number of hydrogen-bond donors (Lipinski definition) is 1. The van der Waals surface area contributed by atoms with Gasteiger partial charge in [-0.05, 0) is 65.9 Å². The lowest BCUT2D eigenvalue weighted by Crippen LogP contribution is -2.02. The summed E-state index contributed by atoms with van der Waals surface area (Å²) in [6.45, 7) is 2.80. The summed E-state index contributed by atoms with van der Waals surface area (Å²) in [5, 5.41) is 0. The fourth-order valence-corrected chi connectivity index (χ4v) is 2.53. The Labute approximate surface area is 111 Å². The number of unbranched alkanes of at least 4 members (excludes halogenated alkanes) is 1. The van der Waals surface area contributed by atoms with Crippen molar-refractivity contribution in [3.63, 3.8) is 0 Å². The van der Waals surface area contributed by atoms with Gasteiger partial charge in [-0.2, -0.15) is 0 Å². The molecule has 4 heteroatoms. The molecule has 17 heavy (non-hydrogen) atoms. The number of benzene rings is 1. The highest BCUT2D eigenvalue weighted by Crippen LogP contribution is 2.40. The molecule has 96 valence electrons. The van der Waals surface area contributed by atoms with E-state index in [0.29, 0.717) is 0 Å². The average molecular weight is 302 g/mol. The van der Waals surface area contributed by atoms with Crippen molar-refractivity contribution in [1.29, 1.82) is 0 Å². The van der Waals surface area contributed by atoms with Gasteiger partial charge in [0.1, 0.15) is 0 Å². The summed E-state index contributed by atoms with van der Waals surface area (Å²) >= 11 is 3.51. The normalized spacial score (nSPS) is 10.4. The maximum Gasteiger partial charge on any atom is 0.175 e. The number of hydrogen-bond acceptors (Lipinski definition) is 3. The van der Waals surface area contributed by atoms with Crippen LogP contribution in [0.25, 0.3) is 0 Å². The van der Waals surface area contributed by atoms with Gasteiger partial charge >= 0.3 is 0 Å². The van der Waals surface area contributed by atoms with Gasteiger partial charge in [0, 0.05) is 0 Å². The molecule has 0 aromatic heterocycles. The first-order chi connectivity index (χ1) is 8.15. The highest BCUT2D eigenvalue weighted by molar-refractivity contribution is 9.10. The molecule has 0 saturated carbocycles. The van der Waals surface area contributed by atoms with Crippen molar-refractivity contribution >= 4 is 15.9 Å². The molecule has 0 bridgehead atoms. The summed E-state index contributed by atoms with van der Waals surface area (Å²) < 4.78 is 11.7. The van der Waals surface area contributed by atoms with Gasteiger partial charge in [0.2, 0.25) is 0 Å². The molecule has 0 unspecified atom stereocenters. The molecule has 0 aliphatic carbocycles. The van der Waals surface area contributed by atoms with Gasteiger partial charge in [0.15, 0.2) is 11.5 Å². The van der Waals surface area contributed by atoms with E-state index < -0.39 is 0 Å². The Morgan fingerprint density at radius 1 is 1.18 bits per heavy atom. The Balaban J connectivity index is 3.03. The highest BCUT2D eigenvalue weighted by atomic mass is 79.9. The van der Waals surface area contributed by atoms with Crippen molar-refractivity contribution in [2.45, 2.75) is 26.2 Å². The highest BCUT2D eigenvalue weighted by Gasteiger charge is 2.15. The van der Waals surface area contributed by atoms with E-state index in [2.05, 4.69) is 28.9 Å². The second kappa shape index (κ2) is 6.87. The number of nitrogens with two attached hydrogens (primary N) is 1. The van der Waals surface area contributed by atoms with E-state index in [0.717, 1.165) is 47.3 Å². The molecule has 0 spiro atoms. The van der Waals surface area contributed by atoms with Gasteiger partial charge in [-0.1, -0.05) is 0 Å². The maximum absolute atomic E-state index is 5.51. The Bertz CT molecular complexity index is 380. The van der Waals surface area contributed by atoms with E-state index in [-0.39, 0.29) is 0 Å². The van der Waals surface area contributed by atoms with Gasteiger partial charge in [-0.25, -0.2) is 0 Å². The van der Waals surface area contributed by atoms with E-state index in [4.69, 9.17) is 15.2 Å². The summed E-state index contributed by atoms with van der Waals surface area (Å²) in [6, 6.07) is 2.10. The maximum atomic E-state index is 5.51. The van der Waals surface area contributed by atoms with Gasteiger partial charge < -0.3 is 15.2 Å². The molecule has 0 heterocycles. The topological polar surface area (TPSA) is 44.5 Å². The van der Waals surface area contributed by atoms with Crippen molar-refractivity contribution in [3.8, 4) is 11.5 Å². The average Bonchev–Trinajstić information content (AvgIpc) is 2.32. The molecule has 0 aliphatic heterocycles. The SMILES string of the molecule is COc1c(Br)cc(CCCCN)c(C)c1OC. The van der Waals surface area contributed by atoms with Crippen LogP contribution in [0.1, 0.15) is 24.0 Å². The molecule has 2 N–H and O–H groups in total. The van der Waals surface area contributed by atoms with Crippen LogP contribution in [0.5, 0.6) is 11.5 Å². The Morgan fingerprint density at radius 2 is 1.82 bits per heavy atom. The summed E-state index contributed by atoms with van der Waals surface area (Å²) in [4.78, 5) is 0. The Hall–Kier alpha value is -0.740. The first-order valence-corrected chi connectivity index (χ1v) is 6.55. The lowest BCUT2D eigenvalue weighted by molar-refractivity contribution is 0.350. The fourth-order valence-electron chi connectivity index (χ4n) is 1.91. The summed E-state index contributed by atoms with van der Waals surface area (Å²) in [6.07, 6.45) is 3.16. The third-order valence-electron chi connectivity index (χ3n) is 2.85. The van der Waals surface area contributed by atoms with Crippen LogP contribution < -0.4 is 15.2 Å². The molecule has 3 nitrogen and oxygen atoms in total. The second-order valence-corrected chi connectivity index (χ2v) is 4.81. The standard InChI is InChI=1S/C13H20BrNO2/c1-9-10(6-4-5-7-15)8-11(14)13(17-3)12(9)16-2/h8H,4-7,15H2,1-3H3. The zero-order valence-electron chi connectivity index (χ0n) is 10.7. The minimum atomic E-state index is 0.744. The van der Waals surface area contributed by atoms with Crippen molar-refractivity contribution in [2.24, 2.45) is 5.73 Å². The summed E-state index contributed by atoms with van der Waals surface area (Å²) in [5.41, 5.74) is 7.93. The number of methoxy groups -OCH3 is 2. The van der Waals surface area contributed by atoms with E-state index in [1.807, 2.05) is 0 Å². The van der Waals surface area contributed by atoms with E-state index in [1.165, 1.54) is 5.56 Å². The molecule has 0 saturated heterocycles. The zero-order chi connectivity index (χ0) is 12.8. The van der Waals surface area contributed by atoms with Crippen LogP contribution in [0.3, 0.4) is 0 Å². The molecular weight excluding hydrogens is 282 g/mol. The van der Waals surface area contributed by atoms with Crippen LogP contribution in [-0.2, 0) is 6.42 Å². The lowest BCUT2D eigenvalue weighted by atomic mass is 10.0. The zero-order valence-corrected chi connectivity index (χ0v) is 12.3. The third kappa shape index (κ3) is 3.36. The molecule has 1 aromatic carbocycles. The smallest absolute Gasteiger partial charge is 0.175 e. The largest absolute Gasteiger partial charge is 0.493 e. The van der Waals surface area contributed by atoms with Crippen LogP contribution in [0, 0.1) is 6.92 Å². The Morgan fingerprint density at radius 3 is 2.35 bits per heavy atom. The van der Waals surface area contributed by atoms with Gasteiger partial charge in [0.25, 0.3) is 0 Å². The number of ether oxygens (including phenoxy) is 2. The van der Waals surface area contributed by atoms with E-state index in [1.54, 1.807) is 14.2 Å². The first-order valence-electron chi connectivity index (χ1n) is 5.75. The number of halogens is 1. The van der Waals surface area contributed by atoms with Gasteiger partial charge in [-0.15, -0.1) is 0 Å². The van der Waals surface area contributed by atoms with Crippen LogP contribution >= 0.6 is 15.9 Å². The van der Waals surface area contributed by atoms with Crippen LogP contribution in [0.2, 0.25) is 0 Å². The molecule has 0 amide bonds. The van der Waals surface area contributed by atoms with Crippen LogP contribution in [0.4, 0.5) is 0 Å². The first kappa shape index (κ1) is 14.3. The van der Waals surface area contributed by atoms with E-state index >= 15 is 0 Å². The fraction of sp³-hybridized carbons (Fsp3) is 0.538. The van der Waals surface area contributed by atoms with Gasteiger partial charge in [0.05, 0.1) is 18.7 Å². The molecule has 0 aliphatic rings. The minimum absolute atomic E-state index is 0.744. The quantitative estimate of drug-likeness (QED) is 0.821. The monoisotopic (exact) mass is 301 g/mol. The van der Waals surface area contributed by atoms with Crippen LogP contribution in [-0.4, -0.2) is 20.8 Å². The molecule has 0 fully saturated rings. The summed E-state index contributed by atoms with van der Waals surface area (Å²) in [5.74, 6) is 1.57. The van der Waals surface area contributed by atoms with Gasteiger partial charge in [-0.3, -0.25) is 0 Å². The Kier molecular flexibility index (Phi) is 5.78. The molecular formula is C13H20BrNO2. The third-order valence-corrected chi connectivity index (χ3v) is 3.44. The molecule has 1 aromatic rings. The molecule has 0 atom stereocenters. The van der Waals surface area contributed by atoms with Crippen molar-refractivity contribution in [3.05, 3.63) is 21.7 Å². The number of aryl methyl sites for hydroxylation is 1. The van der Waals surface area contributed by atoms with Crippen molar-refractivity contribution < 1.29 is 9.47 Å². The van der Waals surface area contributed by atoms with Crippen molar-refractivity contribution in [2.75, 3.05) is 20.8 Å². The predicted octanol–water partition coefficient (Wildman–Crippen LogP) is 3.06. The van der Waals surface area contributed by atoms with E-state index in [9.17, 15) is 0 Å². The second-order valence-electron chi connectivity index (χ2n) is 3.95. The molecule has 1 rings (SSSR count). The van der Waals surface area contributed by atoms with Crippen molar-refractivity contribution in [1.82, 2.24) is 0 Å². The number of rotatable bonds is 6. The minimum Gasteiger partial charge on any atom is -0.493 e. The predicted molar refractivity (Wildman–Crippen MR) is 74.0 cm³/mol.